The van der Waals surface area contributed by atoms with E-state index in [0.717, 1.165) is 44.9 Å². The Kier molecular flexibility index (Phi) is 59.4. The van der Waals surface area contributed by atoms with E-state index in [2.05, 4.69) is 55.6 Å². The van der Waals surface area contributed by atoms with Gasteiger partial charge in [0.1, 0.15) is 6.10 Å². The van der Waals surface area contributed by atoms with Crippen LogP contribution in [-0.2, 0) is 4.79 Å². The minimum Gasteiger partial charge on any atom is -0.394 e. The molecule has 0 spiro atoms. The summed E-state index contributed by atoms with van der Waals surface area (Å²) in [7, 11) is 0. The molecule has 0 saturated heterocycles. The van der Waals surface area contributed by atoms with Crippen LogP contribution in [0.2, 0.25) is 0 Å². The van der Waals surface area contributed by atoms with Crippen LogP contribution in [0.4, 0.5) is 0 Å². The molecule has 0 aromatic heterocycles. The lowest BCUT2D eigenvalue weighted by Crippen LogP contribution is -2.48. The zero-order chi connectivity index (χ0) is 51.4. The van der Waals surface area contributed by atoms with Crippen molar-refractivity contribution in [1.82, 2.24) is 5.32 Å². The lowest BCUT2D eigenvalue weighted by atomic mass is 10.0. The number of unbranched alkanes of at least 4 members (excludes halogenated alkanes) is 45. The van der Waals surface area contributed by atoms with Crippen LogP contribution < -0.4 is 5.32 Å². The van der Waals surface area contributed by atoms with E-state index in [-0.39, 0.29) is 6.61 Å². The minimum absolute atomic E-state index is 0.380. The van der Waals surface area contributed by atoms with Gasteiger partial charge >= 0.3 is 0 Å². The standard InChI is InChI=1S/C66H125NO4/c1-3-5-7-9-11-13-15-17-19-21-23-25-27-28-29-30-31-32-33-34-35-36-37-39-41-43-45-47-49-51-53-55-57-59-61-65(70)66(71)67-63(62-68)64(69)60-58-56-54-52-50-48-46-44-42-40-38-26-24-22-20-18-16-14-12-10-8-6-4-2/h30-31,42,44,50,52,58,60,63-65,68-70H,3-29,32-41,43,45-49,51,53-57,59,61-62H2,1-2H3,(H,67,71)/b31-30-,44-42+,52-50+,60-58+. The van der Waals surface area contributed by atoms with Crippen molar-refractivity contribution in [3.63, 3.8) is 0 Å². The van der Waals surface area contributed by atoms with Gasteiger partial charge < -0.3 is 20.6 Å². The highest BCUT2D eigenvalue weighted by molar-refractivity contribution is 5.80. The normalized spacial score (nSPS) is 13.5. The molecule has 0 radical (unpaired) electrons. The number of nitrogens with one attached hydrogen (secondary N) is 1. The third kappa shape index (κ3) is 55.9. The second kappa shape index (κ2) is 60.9. The van der Waals surface area contributed by atoms with Crippen LogP contribution in [-0.4, -0.2) is 46.1 Å². The molecule has 4 N–H and O–H groups in total. The van der Waals surface area contributed by atoms with Crippen LogP contribution in [0.1, 0.15) is 341 Å². The Balaban J connectivity index is 3.56. The Morgan fingerprint density at radius 3 is 0.859 bits per heavy atom. The molecule has 5 nitrogen and oxygen atoms in total. The number of carbonyl (C=O) groups is 1. The quantitative estimate of drug-likeness (QED) is 0.0361. The Hall–Kier alpha value is -1.69. The molecule has 0 rings (SSSR count). The zero-order valence-electron chi connectivity index (χ0n) is 47.9. The molecule has 3 unspecified atom stereocenters. The van der Waals surface area contributed by atoms with Crippen molar-refractivity contribution in [2.45, 2.75) is 360 Å². The fraction of sp³-hybridized carbons (Fsp3) is 0.864. The molecule has 0 fully saturated rings. The molecule has 0 aromatic carbocycles. The van der Waals surface area contributed by atoms with Crippen LogP contribution in [0.5, 0.6) is 0 Å². The molecule has 3 atom stereocenters. The molecule has 0 bridgehead atoms. The third-order valence-electron chi connectivity index (χ3n) is 14.9. The van der Waals surface area contributed by atoms with Gasteiger partial charge in [-0.1, -0.05) is 319 Å². The van der Waals surface area contributed by atoms with Crippen molar-refractivity contribution in [3.05, 3.63) is 48.6 Å². The van der Waals surface area contributed by atoms with E-state index in [4.69, 9.17) is 0 Å². The van der Waals surface area contributed by atoms with Gasteiger partial charge in [-0.3, -0.25) is 4.79 Å². The van der Waals surface area contributed by atoms with Crippen molar-refractivity contribution in [2.24, 2.45) is 0 Å². The summed E-state index contributed by atoms with van der Waals surface area (Å²) in [6.45, 7) is 4.21. The molecule has 0 aliphatic rings. The highest BCUT2D eigenvalue weighted by Crippen LogP contribution is 2.18. The monoisotopic (exact) mass is 996 g/mol. The molecule has 0 aliphatic heterocycles. The average Bonchev–Trinajstić information content (AvgIpc) is 3.38. The Morgan fingerprint density at radius 2 is 0.577 bits per heavy atom. The summed E-state index contributed by atoms with van der Waals surface area (Å²) in [5, 5.41) is 33.4. The molecule has 0 aliphatic carbocycles. The van der Waals surface area contributed by atoms with E-state index in [1.807, 2.05) is 6.08 Å². The first-order chi connectivity index (χ1) is 35.1. The maximum atomic E-state index is 12.6. The van der Waals surface area contributed by atoms with E-state index < -0.39 is 24.2 Å². The number of hydrogen-bond acceptors (Lipinski definition) is 4. The summed E-state index contributed by atoms with van der Waals surface area (Å²) in [4.78, 5) is 12.6. The second-order valence-electron chi connectivity index (χ2n) is 22.0. The van der Waals surface area contributed by atoms with Crippen LogP contribution in [0.25, 0.3) is 0 Å². The molecule has 71 heavy (non-hydrogen) atoms. The van der Waals surface area contributed by atoms with Crippen molar-refractivity contribution >= 4 is 5.91 Å². The summed E-state index contributed by atoms with van der Waals surface area (Å²) in [5.41, 5.74) is 0. The Morgan fingerprint density at radius 1 is 0.338 bits per heavy atom. The topological polar surface area (TPSA) is 89.8 Å². The van der Waals surface area contributed by atoms with Gasteiger partial charge in [-0.2, -0.15) is 0 Å². The number of amides is 1. The van der Waals surface area contributed by atoms with Gasteiger partial charge in [0.2, 0.25) is 5.91 Å². The summed E-state index contributed by atoms with van der Waals surface area (Å²) in [6, 6.07) is -0.823. The Labute approximate surface area is 444 Å². The SMILES string of the molecule is CCCCCCCCCCCCCCC/C=C/CC/C=C/CC/C=C/C(O)C(CO)NC(=O)C(O)CCCCCCCCCCCCCCCCCC/C=C\CCCCCCCCCCCCCCCC. The number of hydrogen-bond donors (Lipinski definition) is 4. The van der Waals surface area contributed by atoms with Crippen molar-refractivity contribution in [1.29, 1.82) is 0 Å². The number of rotatable bonds is 59. The summed E-state index contributed by atoms with van der Waals surface area (Å²) < 4.78 is 0. The van der Waals surface area contributed by atoms with Gasteiger partial charge in [0.15, 0.2) is 0 Å². The molecular formula is C66H125NO4. The van der Waals surface area contributed by atoms with E-state index in [0.29, 0.717) is 6.42 Å². The van der Waals surface area contributed by atoms with Gasteiger partial charge in [0.25, 0.3) is 0 Å². The summed E-state index contributed by atoms with van der Waals surface area (Å²) in [6.07, 6.45) is 82.3. The molecular weight excluding hydrogens is 871 g/mol. The molecule has 0 heterocycles. The maximum Gasteiger partial charge on any atom is 0.249 e. The fourth-order valence-electron chi connectivity index (χ4n) is 9.92. The highest BCUT2D eigenvalue weighted by atomic mass is 16.3. The first-order valence-electron chi connectivity index (χ1n) is 32.0. The van der Waals surface area contributed by atoms with Gasteiger partial charge in [0.05, 0.1) is 18.8 Å². The van der Waals surface area contributed by atoms with Crippen LogP contribution in [0.15, 0.2) is 48.6 Å². The fourth-order valence-corrected chi connectivity index (χ4v) is 9.92. The molecule has 418 valence electrons. The molecule has 5 heteroatoms. The smallest absolute Gasteiger partial charge is 0.249 e. The van der Waals surface area contributed by atoms with Crippen LogP contribution in [0.3, 0.4) is 0 Å². The summed E-state index contributed by atoms with van der Waals surface area (Å²) >= 11 is 0. The lowest BCUT2D eigenvalue weighted by Gasteiger charge is -2.21. The van der Waals surface area contributed by atoms with Gasteiger partial charge in [-0.05, 0) is 70.6 Å². The Bertz CT molecular complexity index is 1150. The first-order valence-corrected chi connectivity index (χ1v) is 32.0. The zero-order valence-corrected chi connectivity index (χ0v) is 47.9. The van der Waals surface area contributed by atoms with E-state index >= 15 is 0 Å². The number of aliphatic hydroxyl groups is 3. The third-order valence-corrected chi connectivity index (χ3v) is 14.9. The molecule has 0 aromatic rings. The first kappa shape index (κ1) is 69.3. The van der Waals surface area contributed by atoms with E-state index in [9.17, 15) is 20.1 Å². The predicted molar refractivity (Wildman–Crippen MR) is 314 cm³/mol. The summed E-state index contributed by atoms with van der Waals surface area (Å²) in [5.74, 6) is -0.512. The van der Waals surface area contributed by atoms with Gasteiger partial charge in [0, 0.05) is 0 Å². The molecule has 1 amide bonds. The van der Waals surface area contributed by atoms with E-state index in [1.54, 1.807) is 6.08 Å². The van der Waals surface area contributed by atoms with E-state index in [1.165, 1.54) is 276 Å². The van der Waals surface area contributed by atoms with Crippen LogP contribution >= 0.6 is 0 Å². The van der Waals surface area contributed by atoms with Gasteiger partial charge in [-0.25, -0.2) is 0 Å². The lowest BCUT2D eigenvalue weighted by molar-refractivity contribution is -0.131. The second-order valence-corrected chi connectivity index (χ2v) is 22.0. The highest BCUT2D eigenvalue weighted by Gasteiger charge is 2.22. The predicted octanol–water partition coefficient (Wildman–Crippen LogP) is 20.3. The number of carbonyl (C=O) groups excluding carboxylic acids is 1. The maximum absolute atomic E-state index is 12.6. The van der Waals surface area contributed by atoms with Crippen molar-refractivity contribution < 1.29 is 20.1 Å². The van der Waals surface area contributed by atoms with Crippen molar-refractivity contribution in [2.75, 3.05) is 6.61 Å². The average molecular weight is 997 g/mol. The minimum atomic E-state index is -1.11. The number of aliphatic hydroxyl groups excluding tert-OH is 3. The van der Waals surface area contributed by atoms with Crippen molar-refractivity contribution in [3.8, 4) is 0 Å². The largest absolute Gasteiger partial charge is 0.394 e. The van der Waals surface area contributed by atoms with Crippen LogP contribution in [0, 0.1) is 0 Å². The number of allylic oxidation sites excluding steroid dienone is 7. The van der Waals surface area contributed by atoms with Gasteiger partial charge in [-0.15, -0.1) is 0 Å². The molecule has 0 saturated carbocycles.